The lowest BCUT2D eigenvalue weighted by Crippen LogP contribution is -2.45. The molecule has 1 saturated carbocycles. The monoisotopic (exact) mass is 274 g/mol. The van der Waals surface area contributed by atoms with E-state index in [2.05, 4.69) is 36.5 Å². The van der Waals surface area contributed by atoms with Crippen molar-refractivity contribution in [2.24, 2.45) is 11.7 Å². The van der Waals surface area contributed by atoms with Crippen LogP contribution in [0.2, 0.25) is 0 Å². The summed E-state index contributed by atoms with van der Waals surface area (Å²) in [5, 5.41) is 3.01. The molecular formula is C17H26N2O. The molecule has 3 heteroatoms. The standard InChI is InChI=1S/C17H26N2O/c1-4-12-5-9-14(10-6-12)17(2,3)16(20)19-11-15(18)13-7-8-13/h5-6,9-10,13,15H,4,7-8,11,18H2,1-3H3,(H,19,20). The van der Waals surface area contributed by atoms with Crippen LogP contribution >= 0.6 is 0 Å². The van der Waals surface area contributed by atoms with Crippen molar-refractivity contribution in [1.82, 2.24) is 5.32 Å². The number of amides is 1. The van der Waals surface area contributed by atoms with Gasteiger partial charge in [0, 0.05) is 12.6 Å². The Bertz CT molecular complexity index is 460. The Balaban J connectivity index is 1.97. The first kappa shape index (κ1) is 15.0. The zero-order valence-electron chi connectivity index (χ0n) is 12.8. The molecule has 1 fully saturated rings. The molecule has 2 rings (SSSR count). The second-order valence-electron chi connectivity index (χ2n) is 6.39. The third-order valence-corrected chi connectivity index (χ3v) is 4.38. The lowest BCUT2D eigenvalue weighted by Gasteiger charge is -2.25. The Labute approximate surface area is 121 Å². The Hall–Kier alpha value is -1.35. The number of benzene rings is 1. The number of nitrogens with one attached hydrogen (secondary N) is 1. The number of hydrogen-bond donors (Lipinski definition) is 2. The molecule has 1 aliphatic carbocycles. The first-order valence-electron chi connectivity index (χ1n) is 7.58. The minimum atomic E-state index is -0.518. The van der Waals surface area contributed by atoms with Gasteiger partial charge in [-0.25, -0.2) is 0 Å². The quantitative estimate of drug-likeness (QED) is 0.837. The molecule has 110 valence electrons. The van der Waals surface area contributed by atoms with Gasteiger partial charge >= 0.3 is 0 Å². The predicted molar refractivity (Wildman–Crippen MR) is 82.6 cm³/mol. The summed E-state index contributed by atoms with van der Waals surface area (Å²) in [5.74, 6) is 0.667. The van der Waals surface area contributed by atoms with Gasteiger partial charge in [-0.2, -0.15) is 0 Å². The van der Waals surface area contributed by atoms with Crippen LogP contribution < -0.4 is 11.1 Å². The summed E-state index contributed by atoms with van der Waals surface area (Å²) in [6, 6.07) is 8.41. The van der Waals surface area contributed by atoms with Gasteiger partial charge in [-0.1, -0.05) is 31.2 Å². The fourth-order valence-electron chi connectivity index (χ4n) is 2.41. The van der Waals surface area contributed by atoms with Crippen molar-refractivity contribution in [2.75, 3.05) is 6.54 Å². The SMILES string of the molecule is CCc1ccc(C(C)(C)C(=O)NCC(N)C2CC2)cc1. The van der Waals surface area contributed by atoms with Gasteiger partial charge in [0.2, 0.25) is 5.91 Å². The van der Waals surface area contributed by atoms with Crippen LogP contribution in [-0.2, 0) is 16.6 Å². The highest BCUT2D eigenvalue weighted by molar-refractivity contribution is 5.87. The molecule has 1 aromatic rings. The predicted octanol–water partition coefficient (Wildman–Crippen LogP) is 2.38. The van der Waals surface area contributed by atoms with Crippen molar-refractivity contribution in [3.05, 3.63) is 35.4 Å². The van der Waals surface area contributed by atoms with Gasteiger partial charge in [0.1, 0.15) is 0 Å². The fourth-order valence-corrected chi connectivity index (χ4v) is 2.41. The summed E-state index contributed by atoms with van der Waals surface area (Å²) in [4.78, 5) is 12.4. The summed E-state index contributed by atoms with van der Waals surface area (Å²) in [6.07, 6.45) is 3.43. The molecule has 3 nitrogen and oxygen atoms in total. The Kier molecular flexibility index (Phi) is 4.48. The first-order valence-corrected chi connectivity index (χ1v) is 7.58. The minimum absolute atomic E-state index is 0.0536. The molecule has 0 spiro atoms. The summed E-state index contributed by atoms with van der Waals surface area (Å²) in [7, 11) is 0. The molecular weight excluding hydrogens is 248 g/mol. The maximum Gasteiger partial charge on any atom is 0.230 e. The molecule has 0 saturated heterocycles. The summed E-state index contributed by atoms with van der Waals surface area (Å²) in [5.41, 5.74) is 7.85. The highest BCUT2D eigenvalue weighted by Crippen LogP contribution is 2.31. The third kappa shape index (κ3) is 3.40. The van der Waals surface area contributed by atoms with E-state index >= 15 is 0 Å². The first-order chi connectivity index (χ1) is 9.45. The van der Waals surface area contributed by atoms with Gasteiger partial charge in [-0.15, -0.1) is 0 Å². The Morgan fingerprint density at radius 1 is 1.35 bits per heavy atom. The van der Waals surface area contributed by atoms with Gasteiger partial charge in [0.05, 0.1) is 5.41 Å². The zero-order chi connectivity index (χ0) is 14.8. The number of nitrogens with two attached hydrogens (primary N) is 1. The maximum absolute atomic E-state index is 12.4. The molecule has 0 aromatic heterocycles. The lowest BCUT2D eigenvalue weighted by molar-refractivity contribution is -0.125. The van der Waals surface area contributed by atoms with Crippen molar-refractivity contribution >= 4 is 5.91 Å². The largest absolute Gasteiger partial charge is 0.354 e. The van der Waals surface area contributed by atoms with E-state index in [0.717, 1.165) is 12.0 Å². The van der Waals surface area contributed by atoms with E-state index in [1.165, 1.54) is 18.4 Å². The number of carbonyl (C=O) groups is 1. The number of carbonyl (C=O) groups excluding carboxylic acids is 1. The lowest BCUT2D eigenvalue weighted by atomic mass is 9.83. The molecule has 3 N–H and O–H groups in total. The van der Waals surface area contributed by atoms with E-state index in [1.807, 2.05) is 13.8 Å². The van der Waals surface area contributed by atoms with Crippen LogP contribution in [0, 0.1) is 5.92 Å². The Morgan fingerprint density at radius 2 is 1.95 bits per heavy atom. The van der Waals surface area contributed by atoms with E-state index in [0.29, 0.717) is 12.5 Å². The normalized spacial score (nSPS) is 16.8. The van der Waals surface area contributed by atoms with Gasteiger partial charge < -0.3 is 11.1 Å². The van der Waals surface area contributed by atoms with Crippen LogP contribution in [0.3, 0.4) is 0 Å². The highest BCUT2D eigenvalue weighted by atomic mass is 16.2. The molecule has 1 atom stereocenters. The van der Waals surface area contributed by atoms with Crippen molar-refractivity contribution in [3.8, 4) is 0 Å². The zero-order valence-corrected chi connectivity index (χ0v) is 12.8. The van der Waals surface area contributed by atoms with Crippen LogP contribution in [0.5, 0.6) is 0 Å². The van der Waals surface area contributed by atoms with Crippen LogP contribution in [-0.4, -0.2) is 18.5 Å². The van der Waals surface area contributed by atoms with Gasteiger partial charge in [-0.05, 0) is 50.2 Å². The Morgan fingerprint density at radius 3 is 2.45 bits per heavy atom. The summed E-state index contributed by atoms with van der Waals surface area (Å²) in [6.45, 7) is 6.64. The van der Waals surface area contributed by atoms with Crippen LogP contribution in [0.4, 0.5) is 0 Å². The van der Waals surface area contributed by atoms with Gasteiger partial charge in [0.15, 0.2) is 0 Å². The summed E-state index contributed by atoms with van der Waals surface area (Å²) >= 11 is 0. The molecule has 1 unspecified atom stereocenters. The van der Waals surface area contributed by atoms with E-state index < -0.39 is 5.41 Å². The van der Waals surface area contributed by atoms with Crippen LogP contribution in [0.15, 0.2) is 24.3 Å². The van der Waals surface area contributed by atoms with Crippen LogP contribution in [0.1, 0.15) is 44.7 Å². The summed E-state index contributed by atoms with van der Waals surface area (Å²) < 4.78 is 0. The fraction of sp³-hybridized carbons (Fsp3) is 0.588. The van der Waals surface area contributed by atoms with Crippen molar-refractivity contribution in [3.63, 3.8) is 0 Å². The van der Waals surface area contributed by atoms with Gasteiger partial charge in [-0.3, -0.25) is 4.79 Å². The van der Waals surface area contributed by atoms with E-state index in [1.54, 1.807) is 0 Å². The molecule has 0 radical (unpaired) electrons. The van der Waals surface area contributed by atoms with Crippen molar-refractivity contribution in [2.45, 2.75) is 51.5 Å². The average molecular weight is 274 g/mol. The second kappa shape index (κ2) is 5.96. The number of rotatable bonds is 6. The van der Waals surface area contributed by atoms with Crippen molar-refractivity contribution in [1.29, 1.82) is 0 Å². The van der Waals surface area contributed by atoms with Gasteiger partial charge in [0.25, 0.3) is 0 Å². The number of aryl methyl sites for hydroxylation is 1. The maximum atomic E-state index is 12.4. The minimum Gasteiger partial charge on any atom is -0.354 e. The van der Waals surface area contributed by atoms with E-state index in [9.17, 15) is 4.79 Å². The van der Waals surface area contributed by atoms with Crippen molar-refractivity contribution < 1.29 is 4.79 Å². The molecule has 1 amide bonds. The van der Waals surface area contributed by atoms with E-state index in [-0.39, 0.29) is 11.9 Å². The molecule has 0 heterocycles. The molecule has 1 aromatic carbocycles. The molecule has 20 heavy (non-hydrogen) atoms. The second-order valence-corrected chi connectivity index (χ2v) is 6.39. The molecule has 0 aliphatic heterocycles. The highest BCUT2D eigenvalue weighted by Gasteiger charge is 2.32. The smallest absolute Gasteiger partial charge is 0.230 e. The molecule has 1 aliphatic rings. The van der Waals surface area contributed by atoms with E-state index in [4.69, 9.17) is 5.73 Å². The number of hydrogen-bond acceptors (Lipinski definition) is 2. The van der Waals surface area contributed by atoms with Crippen LogP contribution in [0.25, 0.3) is 0 Å². The molecule has 0 bridgehead atoms. The topological polar surface area (TPSA) is 55.1 Å². The third-order valence-electron chi connectivity index (χ3n) is 4.38. The average Bonchev–Trinajstić information content (AvgIpc) is 3.29.